The molecule has 2 heterocycles. The average molecular weight is 341 g/mol. The number of imidazole rings is 1. The number of ether oxygens (including phenoxy) is 2. The number of fused-ring (bicyclic) bond motifs is 1. The van der Waals surface area contributed by atoms with E-state index in [0.717, 1.165) is 35.8 Å². The van der Waals surface area contributed by atoms with Crippen LogP contribution in [0.4, 0.5) is 5.82 Å². The average Bonchev–Trinajstić information content (AvgIpc) is 3.04. The van der Waals surface area contributed by atoms with Crippen LogP contribution in [-0.2, 0) is 0 Å². The number of hydrogen-bond donors (Lipinski definition) is 1. The van der Waals surface area contributed by atoms with Crippen LogP contribution in [0.5, 0.6) is 11.5 Å². The first-order valence-corrected chi connectivity index (χ1v) is 8.08. The molecule has 0 aliphatic heterocycles. The molecule has 0 amide bonds. The van der Waals surface area contributed by atoms with Gasteiger partial charge in [-0.1, -0.05) is 0 Å². The number of anilines is 1. The van der Waals surface area contributed by atoms with Crippen molar-refractivity contribution in [2.75, 3.05) is 46.7 Å². The zero-order valence-corrected chi connectivity index (χ0v) is 15.0. The van der Waals surface area contributed by atoms with Gasteiger partial charge in [0.25, 0.3) is 0 Å². The Hall–Kier alpha value is -2.80. The summed E-state index contributed by atoms with van der Waals surface area (Å²) in [6.45, 7) is 1.76. The highest BCUT2D eigenvalue weighted by atomic mass is 16.5. The molecule has 0 fully saturated rings. The van der Waals surface area contributed by atoms with E-state index in [1.165, 1.54) is 0 Å². The molecular formula is C18H23N5O2. The van der Waals surface area contributed by atoms with Gasteiger partial charge in [0.05, 0.1) is 26.1 Å². The number of nitrogens with one attached hydrogen (secondary N) is 1. The second-order valence-electron chi connectivity index (χ2n) is 5.93. The van der Waals surface area contributed by atoms with Gasteiger partial charge in [0.15, 0.2) is 17.1 Å². The van der Waals surface area contributed by atoms with Gasteiger partial charge < -0.3 is 19.7 Å². The smallest absolute Gasteiger partial charge is 0.161 e. The van der Waals surface area contributed by atoms with E-state index in [4.69, 9.17) is 9.47 Å². The Balaban J connectivity index is 1.94. The first-order chi connectivity index (χ1) is 12.1. The molecule has 7 heteroatoms. The minimum atomic E-state index is 0.676. The van der Waals surface area contributed by atoms with Crippen LogP contribution in [0.1, 0.15) is 0 Å². The highest BCUT2D eigenvalue weighted by Gasteiger charge is 2.11. The summed E-state index contributed by atoms with van der Waals surface area (Å²) >= 11 is 0. The van der Waals surface area contributed by atoms with E-state index in [1.54, 1.807) is 14.2 Å². The van der Waals surface area contributed by atoms with Crippen molar-refractivity contribution in [2.45, 2.75) is 0 Å². The van der Waals surface area contributed by atoms with Crippen LogP contribution in [0.3, 0.4) is 0 Å². The number of benzene rings is 1. The molecule has 3 rings (SSSR count). The van der Waals surface area contributed by atoms with Gasteiger partial charge in [0.1, 0.15) is 5.82 Å². The van der Waals surface area contributed by atoms with Crippen LogP contribution in [0.2, 0.25) is 0 Å². The van der Waals surface area contributed by atoms with Crippen molar-refractivity contribution in [3.8, 4) is 22.8 Å². The number of aromatic nitrogens is 3. The molecule has 25 heavy (non-hydrogen) atoms. The number of hydrogen-bond acceptors (Lipinski definition) is 6. The maximum atomic E-state index is 5.39. The molecule has 1 N–H and O–H groups in total. The zero-order valence-electron chi connectivity index (χ0n) is 15.0. The summed E-state index contributed by atoms with van der Waals surface area (Å²) in [5.74, 6) is 2.18. The summed E-state index contributed by atoms with van der Waals surface area (Å²) in [7, 11) is 7.34. The van der Waals surface area contributed by atoms with E-state index in [2.05, 4.69) is 20.3 Å². The monoisotopic (exact) mass is 341 g/mol. The fourth-order valence-electron chi connectivity index (χ4n) is 2.57. The van der Waals surface area contributed by atoms with Gasteiger partial charge in [-0.3, -0.25) is 0 Å². The van der Waals surface area contributed by atoms with E-state index in [9.17, 15) is 0 Å². The van der Waals surface area contributed by atoms with E-state index in [-0.39, 0.29) is 0 Å². The molecule has 0 unspecified atom stereocenters. The number of rotatable bonds is 7. The van der Waals surface area contributed by atoms with Crippen molar-refractivity contribution in [1.29, 1.82) is 0 Å². The molecule has 7 nitrogen and oxygen atoms in total. The second-order valence-corrected chi connectivity index (χ2v) is 5.93. The third-order valence-corrected chi connectivity index (χ3v) is 3.91. The van der Waals surface area contributed by atoms with Crippen molar-refractivity contribution >= 4 is 11.5 Å². The Bertz CT molecular complexity index is 860. The fourth-order valence-corrected chi connectivity index (χ4v) is 2.57. The van der Waals surface area contributed by atoms with Crippen molar-refractivity contribution in [3.05, 3.63) is 36.5 Å². The summed E-state index contributed by atoms with van der Waals surface area (Å²) in [6, 6.07) is 9.67. The van der Waals surface area contributed by atoms with Crippen LogP contribution in [-0.4, -0.2) is 60.9 Å². The Labute approximate surface area is 147 Å². The Kier molecular flexibility index (Phi) is 5.04. The Morgan fingerprint density at radius 1 is 1.08 bits per heavy atom. The van der Waals surface area contributed by atoms with E-state index in [0.29, 0.717) is 11.5 Å². The zero-order chi connectivity index (χ0) is 17.8. The quantitative estimate of drug-likeness (QED) is 0.712. The molecule has 3 aromatic rings. The lowest BCUT2D eigenvalue weighted by molar-refractivity contribution is 0.355. The second kappa shape index (κ2) is 7.40. The van der Waals surface area contributed by atoms with Gasteiger partial charge >= 0.3 is 0 Å². The van der Waals surface area contributed by atoms with Crippen molar-refractivity contribution in [3.63, 3.8) is 0 Å². The maximum Gasteiger partial charge on any atom is 0.161 e. The lowest BCUT2D eigenvalue weighted by Gasteiger charge is -2.11. The standard InChI is InChI=1S/C18H23N5O2/c1-22(2)10-9-19-17-7-8-18-20-12-14(23(18)21-17)13-5-6-15(24-3)16(11-13)25-4/h5-8,11-12H,9-10H2,1-4H3,(H,19,21). The lowest BCUT2D eigenvalue weighted by Crippen LogP contribution is -2.21. The first-order valence-electron chi connectivity index (χ1n) is 8.08. The maximum absolute atomic E-state index is 5.39. The number of likely N-dealkylation sites (N-methyl/N-ethyl adjacent to an activating group) is 1. The molecule has 1 aromatic carbocycles. The molecule has 0 aliphatic rings. The number of nitrogens with zero attached hydrogens (tertiary/aromatic N) is 4. The molecular weight excluding hydrogens is 318 g/mol. The summed E-state index contributed by atoms with van der Waals surface area (Å²) in [5, 5.41) is 7.99. The van der Waals surface area contributed by atoms with Gasteiger partial charge in [0, 0.05) is 18.7 Å². The van der Waals surface area contributed by atoms with Crippen LogP contribution < -0.4 is 14.8 Å². The van der Waals surface area contributed by atoms with Gasteiger partial charge in [0.2, 0.25) is 0 Å². The molecule has 0 spiro atoms. The highest BCUT2D eigenvalue weighted by Crippen LogP contribution is 2.32. The van der Waals surface area contributed by atoms with Crippen LogP contribution in [0.25, 0.3) is 16.9 Å². The minimum Gasteiger partial charge on any atom is -0.493 e. The predicted molar refractivity (Wildman–Crippen MR) is 98.6 cm³/mol. The van der Waals surface area contributed by atoms with Crippen LogP contribution >= 0.6 is 0 Å². The third kappa shape index (κ3) is 3.66. The van der Waals surface area contributed by atoms with Gasteiger partial charge in [-0.2, -0.15) is 0 Å². The Morgan fingerprint density at radius 3 is 2.60 bits per heavy atom. The molecule has 0 atom stereocenters. The van der Waals surface area contributed by atoms with Crippen LogP contribution in [0, 0.1) is 0 Å². The molecule has 0 bridgehead atoms. The van der Waals surface area contributed by atoms with Gasteiger partial charge in [-0.05, 0) is 44.4 Å². The molecule has 0 saturated heterocycles. The molecule has 0 saturated carbocycles. The summed E-state index contributed by atoms with van der Waals surface area (Å²) in [6.07, 6.45) is 1.81. The minimum absolute atomic E-state index is 0.676. The fraction of sp³-hybridized carbons (Fsp3) is 0.333. The Morgan fingerprint density at radius 2 is 1.88 bits per heavy atom. The van der Waals surface area contributed by atoms with E-state index >= 15 is 0 Å². The largest absolute Gasteiger partial charge is 0.493 e. The molecule has 0 radical (unpaired) electrons. The lowest BCUT2D eigenvalue weighted by atomic mass is 10.1. The first kappa shape index (κ1) is 17.0. The molecule has 132 valence electrons. The molecule has 0 aliphatic carbocycles. The van der Waals surface area contributed by atoms with Crippen LogP contribution in [0.15, 0.2) is 36.5 Å². The summed E-state index contributed by atoms with van der Waals surface area (Å²) in [4.78, 5) is 6.56. The van der Waals surface area contributed by atoms with Crippen molar-refractivity contribution < 1.29 is 9.47 Å². The topological polar surface area (TPSA) is 63.9 Å². The van der Waals surface area contributed by atoms with E-state index in [1.807, 2.05) is 55.1 Å². The van der Waals surface area contributed by atoms with Gasteiger partial charge in [-0.15, -0.1) is 5.10 Å². The SMILES string of the molecule is COc1ccc(-c2cnc3ccc(NCCN(C)C)nn23)cc1OC. The number of methoxy groups -OCH3 is 2. The summed E-state index contributed by atoms with van der Waals surface area (Å²) < 4.78 is 12.5. The normalized spacial score (nSPS) is 11.1. The third-order valence-electron chi connectivity index (χ3n) is 3.91. The van der Waals surface area contributed by atoms with E-state index < -0.39 is 0 Å². The van der Waals surface area contributed by atoms with Crippen molar-refractivity contribution in [2.24, 2.45) is 0 Å². The highest BCUT2D eigenvalue weighted by molar-refractivity contribution is 5.67. The van der Waals surface area contributed by atoms with Gasteiger partial charge in [-0.25, -0.2) is 9.50 Å². The summed E-state index contributed by atoms with van der Waals surface area (Å²) in [5.41, 5.74) is 2.65. The molecule has 2 aromatic heterocycles. The van der Waals surface area contributed by atoms with Crippen molar-refractivity contribution in [1.82, 2.24) is 19.5 Å². The predicted octanol–water partition coefficient (Wildman–Crippen LogP) is 2.39.